The van der Waals surface area contributed by atoms with E-state index >= 15 is 0 Å². The molecule has 1 aromatic carbocycles. The molecular weight excluding hydrogens is 426 g/mol. The summed E-state index contributed by atoms with van der Waals surface area (Å²) >= 11 is 0. The van der Waals surface area contributed by atoms with Crippen molar-refractivity contribution in [3.05, 3.63) is 24.3 Å². The number of fused-ring (bicyclic) bond motifs is 1. The highest BCUT2D eigenvalue weighted by Crippen LogP contribution is 2.35. The Bertz CT molecular complexity index is 811. The number of hydrogen-bond donors (Lipinski definition) is 1. The zero-order chi connectivity index (χ0) is 23.9. The molecule has 0 radical (unpaired) electrons. The van der Waals surface area contributed by atoms with Gasteiger partial charge in [-0.3, -0.25) is 4.90 Å². The second-order valence-electron chi connectivity index (χ2n) is 10.0. The number of nitrogens with one attached hydrogen (secondary N) is 1. The van der Waals surface area contributed by atoms with E-state index in [0.29, 0.717) is 19.1 Å². The summed E-state index contributed by atoms with van der Waals surface area (Å²) in [4.78, 5) is 35.2. The van der Waals surface area contributed by atoms with Crippen LogP contribution in [-0.2, 0) is 0 Å². The highest BCUT2D eigenvalue weighted by Gasteiger charge is 2.38. The summed E-state index contributed by atoms with van der Waals surface area (Å²) < 4.78 is 0. The summed E-state index contributed by atoms with van der Waals surface area (Å²) in [7, 11) is 0. The number of urea groups is 2. The Morgan fingerprint density at radius 1 is 0.882 bits per heavy atom. The first-order valence-electron chi connectivity index (χ1n) is 13.6. The van der Waals surface area contributed by atoms with Gasteiger partial charge in [-0.05, 0) is 50.9 Å². The first-order valence-corrected chi connectivity index (χ1v) is 13.6. The second kappa shape index (κ2) is 12.0. The van der Waals surface area contributed by atoms with Crippen LogP contribution in [0.3, 0.4) is 0 Å². The Kier molecular flexibility index (Phi) is 8.84. The van der Waals surface area contributed by atoms with Crippen LogP contribution in [0.25, 0.3) is 0 Å². The average Bonchev–Trinajstić information content (AvgIpc) is 2.93. The number of likely N-dealkylation sites (N-methyl/N-ethyl adjacent to an activating group) is 1. The summed E-state index contributed by atoms with van der Waals surface area (Å²) in [6.07, 6.45) is 11.4. The molecule has 7 heteroatoms. The van der Waals surface area contributed by atoms with E-state index in [2.05, 4.69) is 29.0 Å². The zero-order valence-corrected chi connectivity index (χ0v) is 21.2. The van der Waals surface area contributed by atoms with Crippen molar-refractivity contribution in [3.8, 4) is 0 Å². The molecule has 4 amide bonds. The Balaban J connectivity index is 1.49. The van der Waals surface area contributed by atoms with Gasteiger partial charge in [-0.1, -0.05) is 58.1 Å². The molecule has 3 aliphatic rings. The molecule has 4 rings (SSSR count). The van der Waals surface area contributed by atoms with Crippen molar-refractivity contribution in [1.29, 1.82) is 0 Å². The molecule has 0 spiro atoms. The number of nitrogens with zero attached hydrogens (tertiary/aromatic N) is 4. The maximum atomic E-state index is 13.8. The fraction of sp³-hybridized carbons (Fsp3) is 0.704. The van der Waals surface area contributed by atoms with Gasteiger partial charge in [0, 0.05) is 38.3 Å². The monoisotopic (exact) mass is 469 g/mol. The predicted molar refractivity (Wildman–Crippen MR) is 139 cm³/mol. The van der Waals surface area contributed by atoms with Crippen molar-refractivity contribution < 1.29 is 9.59 Å². The van der Waals surface area contributed by atoms with Gasteiger partial charge in [-0.25, -0.2) is 14.5 Å². The molecule has 0 atom stereocenters. The number of anilines is 2. The largest absolute Gasteiger partial charge is 0.333 e. The molecule has 1 N–H and O–H groups in total. The lowest BCUT2D eigenvalue weighted by Crippen LogP contribution is -2.55. The summed E-state index contributed by atoms with van der Waals surface area (Å²) in [5.74, 6) is 0. The third-order valence-corrected chi connectivity index (χ3v) is 8.08. The number of carbonyl (C=O) groups excluding carboxylic acids is 2. The molecule has 1 aliphatic carbocycles. The van der Waals surface area contributed by atoms with Crippen molar-refractivity contribution in [2.75, 3.05) is 49.5 Å². The molecule has 0 bridgehead atoms. The Labute approximate surface area is 205 Å². The number of carbonyl (C=O) groups is 2. The van der Waals surface area contributed by atoms with E-state index in [4.69, 9.17) is 0 Å². The van der Waals surface area contributed by atoms with Crippen LogP contribution in [0.5, 0.6) is 0 Å². The lowest BCUT2D eigenvalue weighted by atomic mass is 9.93. The van der Waals surface area contributed by atoms with E-state index < -0.39 is 0 Å². The fourth-order valence-corrected chi connectivity index (χ4v) is 5.93. The van der Waals surface area contributed by atoms with Gasteiger partial charge in [0.05, 0.1) is 11.4 Å². The maximum absolute atomic E-state index is 13.8. The van der Waals surface area contributed by atoms with Crippen molar-refractivity contribution in [1.82, 2.24) is 14.7 Å². The van der Waals surface area contributed by atoms with Crippen LogP contribution in [0.1, 0.15) is 71.6 Å². The molecule has 7 nitrogen and oxygen atoms in total. The third kappa shape index (κ3) is 5.74. The minimum atomic E-state index is -0.320. The minimum Gasteiger partial charge on any atom is -0.305 e. The lowest BCUT2D eigenvalue weighted by molar-refractivity contribution is 0.127. The quantitative estimate of drug-likeness (QED) is 0.582. The Hall–Kier alpha value is -2.12. The summed E-state index contributed by atoms with van der Waals surface area (Å²) in [6.45, 7) is 9.19. The van der Waals surface area contributed by atoms with Gasteiger partial charge in [0.1, 0.15) is 0 Å². The molecule has 188 valence electrons. The van der Waals surface area contributed by atoms with Crippen molar-refractivity contribution >= 4 is 23.4 Å². The molecule has 1 saturated carbocycles. The Morgan fingerprint density at radius 3 is 2.21 bits per heavy atom. The number of benzene rings is 1. The molecular formula is C27H43N5O2. The van der Waals surface area contributed by atoms with Crippen molar-refractivity contribution in [2.24, 2.45) is 0 Å². The molecule has 0 aromatic heterocycles. The van der Waals surface area contributed by atoms with Crippen LogP contribution in [0, 0.1) is 0 Å². The molecule has 2 aliphatic heterocycles. The fourth-order valence-electron chi connectivity index (χ4n) is 5.93. The van der Waals surface area contributed by atoms with Gasteiger partial charge in [-0.2, -0.15) is 0 Å². The van der Waals surface area contributed by atoms with E-state index in [1.165, 1.54) is 49.8 Å². The van der Waals surface area contributed by atoms with E-state index in [1.807, 2.05) is 29.2 Å². The summed E-state index contributed by atoms with van der Waals surface area (Å²) in [5, 5.41) is 3.00. The first-order chi connectivity index (χ1) is 16.6. The smallest absolute Gasteiger partial charge is 0.305 e. The van der Waals surface area contributed by atoms with Gasteiger partial charge < -0.3 is 15.1 Å². The number of imide groups is 1. The van der Waals surface area contributed by atoms with Crippen LogP contribution in [-0.4, -0.2) is 78.1 Å². The topological polar surface area (TPSA) is 59.1 Å². The van der Waals surface area contributed by atoms with Gasteiger partial charge in [0.2, 0.25) is 0 Å². The van der Waals surface area contributed by atoms with Crippen molar-refractivity contribution in [2.45, 2.75) is 83.7 Å². The molecule has 2 fully saturated rings. The second-order valence-corrected chi connectivity index (χ2v) is 10.0. The Morgan fingerprint density at radius 2 is 1.53 bits per heavy atom. The number of hydrogen-bond acceptors (Lipinski definition) is 4. The molecule has 34 heavy (non-hydrogen) atoms. The highest BCUT2D eigenvalue weighted by molar-refractivity contribution is 6.12. The number of likely N-dealkylation sites (tertiary alicyclic amines) is 1. The van der Waals surface area contributed by atoms with Gasteiger partial charge in [0.15, 0.2) is 0 Å². The van der Waals surface area contributed by atoms with E-state index in [0.717, 1.165) is 50.4 Å². The number of para-hydroxylation sites is 2. The summed E-state index contributed by atoms with van der Waals surface area (Å²) in [6, 6.07) is 8.07. The molecule has 1 aromatic rings. The van der Waals surface area contributed by atoms with Crippen LogP contribution in [0.2, 0.25) is 0 Å². The van der Waals surface area contributed by atoms with Crippen LogP contribution in [0.15, 0.2) is 24.3 Å². The third-order valence-electron chi connectivity index (χ3n) is 8.08. The first kappa shape index (κ1) is 25.0. The van der Waals surface area contributed by atoms with Crippen LogP contribution in [0.4, 0.5) is 21.0 Å². The van der Waals surface area contributed by atoms with E-state index in [9.17, 15) is 9.59 Å². The molecule has 2 heterocycles. The van der Waals surface area contributed by atoms with E-state index in [-0.39, 0.29) is 18.1 Å². The minimum absolute atomic E-state index is 0.113. The zero-order valence-electron chi connectivity index (χ0n) is 21.2. The number of rotatable bonds is 7. The lowest BCUT2D eigenvalue weighted by Gasteiger charge is -2.42. The maximum Gasteiger partial charge on any atom is 0.333 e. The van der Waals surface area contributed by atoms with Gasteiger partial charge in [-0.15, -0.1) is 0 Å². The normalized spacial score (nSPS) is 21.7. The molecule has 1 saturated heterocycles. The highest BCUT2D eigenvalue weighted by atomic mass is 16.2. The van der Waals surface area contributed by atoms with Crippen molar-refractivity contribution in [3.63, 3.8) is 0 Å². The SMILES string of the molecule is CCN(CC)CCN1C(=O)Nc2ccccc2N(C2CCN(C3CCCCCCC3)CC2)C1=O. The van der Waals surface area contributed by atoms with Gasteiger partial charge >= 0.3 is 12.1 Å². The average molecular weight is 470 g/mol. The van der Waals surface area contributed by atoms with E-state index in [1.54, 1.807) is 0 Å². The summed E-state index contributed by atoms with van der Waals surface area (Å²) in [5.41, 5.74) is 1.56. The molecule has 0 unspecified atom stereocenters. The predicted octanol–water partition coefficient (Wildman–Crippen LogP) is 5.38. The standard InChI is InChI=1S/C27H43N5O2/c1-3-29(4-2)20-21-31-26(33)28-24-14-10-11-15-25(24)32(27(31)34)23-16-18-30(19-17-23)22-12-8-6-5-7-9-13-22/h10-11,14-15,22-23H,3-9,12-13,16-21H2,1-2H3,(H,28,33). The number of amides is 4. The van der Waals surface area contributed by atoms with Crippen LogP contribution >= 0.6 is 0 Å². The van der Waals surface area contributed by atoms with Crippen LogP contribution < -0.4 is 10.2 Å². The number of piperidine rings is 1. The van der Waals surface area contributed by atoms with Gasteiger partial charge in [0.25, 0.3) is 0 Å².